The number of likely N-dealkylation sites (tertiary alicyclic amines) is 2. The molecule has 4 fully saturated rings. The quantitative estimate of drug-likeness (QED) is 0.657. The monoisotopic (exact) mass is 412 g/mol. The topological polar surface area (TPSA) is 49.9 Å². The lowest BCUT2D eigenvalue weighted by Crippen LogP contribution is -2.50. The summed E-state index contributed by atoms with van der Waals surface area (Å²) < 4.78 is 4.87. The molecule has 5 aliphatic rings. The average molecular weight is 413 g/mol. The van der Waals surface area contributed by atoms with Crippen LogP contribution in [0.25, 0.3) is 0 Å². The molecule has 0 aromatic carbocycles. The molecule has 3 atom stereocenters. The fourth-order valence-corrected chi connectivity index (χ4v) is 7.13. The zero-order chi connectivity index (χ0) is 20.7. The predicted octanol–water partition coefficient (Wildman–Crippen LogP) is 4.05. The van der Waals surface area contributed by atoms with E-state index >= 15 is 0 Å². The van der Waals surface area contributed by atoms with E-state index in [9.17, 15) is 9.59 Å². The first kappa shape index (κ1) is 20.3. The molecule has 3 unspecified atom stereocenters. The SMILES string of the molecule is COC(=O)CN1C(=O)C2(CCN(C3CCC4CCCCC4C3)CC2)C2=CCCC=C21. The van der Waals surface area contributed by atoms with E-state index in [0.717, 1.165) is 56.3 Å². The highest BCUT2D eigenvalue weighted by atomic mass is 16.5. The van der Waals surface area contributed by atoms with Gasteiger partial charge in [-0.05, 0) is 75.4 Å². The van der Waals surface area contributed by atoms with Crippen LogP contribution in [0.15, 0.2) is 23.4 Å². The van der Waals surface area contributed by atoms with Crippen LogP contribution >= 0.6 is 0 Å². The standard InChI is InChI=1S/C25H36N2O3/c1-30-23(28)17-27-22-9-5-4-8-21(22)25(24(27)29)12-14-26(15-13-25)20-11-10-18-6-2-3-7-19(18)16-20/h8-9,18-20H,2-7,10-17H2,1H3. The summed E-state index contributed by atoms with van der Waals surface area (Å²) in [5.74, 6) is 1.71. The Morgan fingerprint density at radius 1 is 1.07 bits per heavy atom. The van der Waals surface area contributed by atoms with Crippen molar-refractivity contribution in [1.29, 1.82) is 0 Å². The molecule has 2 aliphatic heterocycles. The molecule has 3 aliphatic carbocycles. The van der Waals surface area contributed by atoms with Gasteiger partial charge in [-0.2, -0.15) is 0 Å². The summed E-state index contributed by atoms with van der Waals surface area (Å²) in [4.78, 5) is 30.0. The van der Waals surface area contributed by atoms with Crippen LogP contribution in [0.1, 0.15) is 70.6 Å². The highest BCUT2D eigenvalue weighted by Crippen LogP contribution is 2.52. The minimum Gasteiger partial charge on any atom is -0.468 e. The molecule has 2 heterocycles. The molecule has 164 valence electrons. The summed E-state index contributed by atoms with van der Waals surface area (Å²) in [6.45, 7) is 2.05. The molecule has 30 heavy (non-hydrogen) atoms. The van der Waals surface area contributed by atoms with Crippen molar-refractivity contribution < 1.29 is 14.3 Å². The molecular formula is C25H36N2O3. The molecule has 2 saturated heterocycles. The van der Waals surface area contributed by atoms with Crippen LogP contribution < -0.4 is 0 Å². The van der Waals surface area contributed by atoms with Gasteiger partial charge in [0.25, 0.3) is 0 Å². The van der Waals surface area contributed by atoms with Gasteiger partial charge >= 0.3 is 5.97 Å². The first-order valence-corrected chi connectivity index (χ1v) is 12.2. The highest BCUT2D eigenvalue weighted by molar-refractivity contribution is 5.96. The Morgan fingerprint density at radius 2 is 1.80 bits per heavy atom. The molecule has 0 aromatic rings. The van der Waals surface area contributed by atoms with Crippen LogP contribution in [-0.4, -0.2) is 54.5 Å². The number of esters is 1. The van der Waals surface area contributed by atoms with Crippen LogP contribution in [0.4, 0.5) is 0 Å². The number of nitrogens with zero attached hydrogens (tertiary/aromatic N) is 2. The maximum absolute atomic E-state index is 13.6. The van der Waals surface area contributed by atoms with Gasteiger partial charge < -0.3 is 14.5 Å². The number of methoxy groups -OCH3 is 1. The molecule has 0 aromatic heterocycles. The number of hydrogen-bond acceptors (Lipinski definition) is 4. The smallest absolute Gasteiger partial charge is 0.325 e. The van der Waals surface area contributed by atoms with Crippen molar-refractivity contribution in [2.24, 2.45) is 17.3 Å². The van der Waals surface area contributed by atoms with Gasteiger partial charge in [-0.25, -0.2) is 0 Å². The molecule has 5 rings (SSSR count). The minimum atomic E-state index is -0.418. The number of fused-ring (bicyclic) bond motifs is 3. The maximum atomic E-state index is 13.6. The van der Waals surface area contributed by atoms with Gasteiger partial charge in [0, 0.05) is 11.7 Å². The fraction of sp³-hybridized carbons (Fsp3) is 0.760. The summed E-state index contributed by atoms with van der Waals surface area (Å²) >= 11 is 0. The van der Waals surface area contributed by atoms with Gasteiger partial charge in [0.15, 0.2) is 0 Å². The van der Waals surface area contributed by atoms with E-state index in [1.807, 2.05) is 0 Å². The number of allylic oxidation sites excluding steroid dienone is 3. The molecule has 0 radical (unpaired) electrons. The first-order valence-electron chi connectivity index (χ1n) is 12.2. The van der Waals surface area contributed by atoms with Crippen LogP contribution in [0, 0.1) is 17.3 Å². The molecule has 1 amide bonds. The third kappa shape index (κ3) is 3.34. The molecule has 2 saturated carbocycles. The number of carbonyl (C=O) groups is 2. The zero-order valence-electron chi connectivity index (χ0n) is 18.4. The van der Waals surface area contributed by atoms with Gasteiger partial charge in [-0.3, -0.25) is 9.59 Å². The second kappa shape index (κ2) is 8.14. The van der Waals surface area contributed by atoms with Gasteiger partial charge in [0.2, 0.25) is 5.91 Å². The van der Waals surface area contributed by atoms with Gasteiger partial charge in [-0.1, -0.05) is 37.8 Å². The largest absolute Gasteiger partial charge is 0.468 e. The number of carbonyl (C=O) groups excluding carboxylic acids is 2. The third-order valence-corrected chi connectivity index (χ3v) is 8.78. The van der Waals surface area contributed by atoms with Gasteiger partial charge in [-0.15, -0.1) is 0 Å². The Morgan fingerprint density at radius 3 is 2.57 bits per heavy atom. The summed E-state index contributed by atoms with van der Waals surface area (Å²) in [7, 11) is 1.39. The van der Waals surface area contributed by atoms with Gasteiger partial charge in [0.1, 0.15) is 6.54 Å². The molecule has 1 spiro atoms. The van der Waals surface area contributed by atoms with Crippen molar-refractivity contribution in [3.8, 4) is 0 Å². The van der Waals surface area contributed by atoms with E-state index in [1.54, 1.807) is 4.90 Å². The van der Waals surface area contributed by atoms with Crippen molar-refractivity contribution in [2.45, 2.75) is 76.7 Å². The maximum Gasteiger partial charge on any atom is 0.325 e. The number of piperidine rings is 1. The fourth-order valence-electron chi connectivity index (χ4n) is 7.13. The molecule has 5 heteroatoms. The van der Waals surface area contributed by atoms with E-state index < -0.39 is 5.41 Å². The number of rotatable bonds is 3. The van der Waals surface area contributed by atoms with Crippen molar-refractivity contribution in [2.75, 3.05) is 26.7 Å². The Kier molecular flexibility index (Phi) is 5.51. The Labute approximate surface area is 180 Å². The van der Waals surface area contributed by atoms with Crippen molar-refractivity contribution >= 4 is 11.9 Å². The lowest BCUT2D eigenvalue weighted by Gasteiger charge is -2.47. The number of amides is 1. The van der Waals surface area contributed by atoms with Crippen molar-refractivity contribution in [3.63, 3.8) is 0 Å². The Hall–Kier alpha value is -1.62. The molecule has 0 bridgehead atoms. The highest BCUT2D eigenvalue weighted by Gasteiger charge is 2.55. The van der Waals surface area contributed by atoms with Crippen LogP contribution in [0.2, 0.25) is 0 Å². The van der Waals surface area contributed by atoms with E-state index in [2.05, 4.69) is 17.1 Å². The van der Waals surface area contributed by atoms with E-state index in [4.69, 9.17) is 4.74 Å². The second-order valence-corrected chi connectivity index (χ2v) is 10.1. The molecule has 5 nitrogen and oxygen atoms in total. The van der Waals surface area contributed by atoms with E-state index in [1.165, 1.54) is 57.6 Å². The average Bonchev–Trinajstić information content (AvgIpc) is 3.02. The lowest BCUT2D eigenvalue weighted by atomic mass is 9.68. The van der Waals surface area contributed by atoms with Crippen LogP contribution in [-0.2, 0) is 14.3 Å². The number of ether oxygens (including phenoxy) is 1. The first-order chi connectivity index (χ1) is 14.6. The van der Waals surface area contributed by atoms with Crippen LogP contribution in [0.5, 0.6) is 0 Å². The molecule has 0 N–H and O–H groups in total. The van der Waals surface area contributed by atoms with Crippen molar-refractivity contribution in [1.82, 2.24) is 9.80 Å². The number of hydrogen-bond donors (Lipinski definition) is 0. The van der Waals surface area contributed by atoms with Gasteiger partial charge in [0.05, 0.1) is 12.5 Å². The lowest BCUT2D eigenvalue weighted by molar-refractivity contribution is -0.147. The summed E-state index contributed by atoms with van der Waals surface area (Å²) in [5, 5.41) is 0. The predicted molar refractivity (Wildman–Crippen MR) is 115 cm³/mol. The Bertz CT molecular complexity index is 762. The van der Waals surface area contributed by atoms with Crippen molar-refractivity contribution in [3.05, 3.63) is 23.4 Å². The van der Waals surface area contributed by atoms with E-state index in [-0.39, 0.29) is 18.4 Å². The second-order valence-electron chi connectivity index (χ2n) is 10.1. The Balaban J connectivity index is 1.29. The van der Waals surface area contributed by atoms with Crippen LogP contribution in [0.3, 0.4) is 0 Å². The summed E-state index contributed by atoms with van der Waals surface area (Å²) in [6.07, 6.45) is 18.0. The molecular weight excluding hydrogens is 376 g/mol. The zero-order valence-corrected chi connectivity index (χ0v) is 18.4. The summed E-state index contributed by atoms with van der Waals surface area (Å²) in [5.41, 5.74) is 1.75. The normalized spacial score (nSPS) is 33.6. The minimum absolute atomic E-state index is 0.0374. The van der Waals surface area contributed by atoms with E-state index in [0.29, 0.717) is 6.04 Å². The summed E-state index contributed by atoms with van der Waals surface area (Å²) in [6, 6.07) is 0.708. The third-order valence-electron chi connectivity index (χ3n) is 8.78.